The first-order chi connectivity index (χ1) is 8.76. The van der Waals surface area contributed by atoms with Crippen molar-refractivity contribution in [1.82, 2.24) is 0 Å². The highest BCUT2D eigenvalue weighted by molar-refractivity contribution is 6.08. The first kappa shape index (κ1) is 12.4. The van der Waals surface area contributed by atoms with Gasteiger partial charge in [0.1, 0.15) is 11.5 Å². The van der Waals surface area contributed by atoms with E-state index in [9.17, 15) is 4.79 Å². The van der Waals surface area contributed by atoms with Crippen molar-refractivity contribution in [3.8, 4) is 5.75 Å². The number of ketones is 1. The first-order valence-electron chi connectivity index (χ1n) is 5.81. The topological polar surface area (TPSA) is 65.5 Å². The van der Waals surface area contributed by atoms with E-state index >= 15 is 0 Å². The number of carbonyl (C=O) groups is 1. The predicted molar refractivity (Wildman–Crippen MR) is 67.6 cm³/mol. The van der Waals surface area contributed by atoms with E-state index in [0.717, 1.165) is 0 Å². The molecule has 0 aliphatic rings. The molecular formula is C14H15NO3. The van der Waals surface area contributed by atoms with E-state index in [1.165, 1.54) is 0 Å². The van der Waals surface area contributed by atoms with Gasteiger partial charge >= 0.3 is 0 Å². The Morgan fingerprint density at radius 2 is 2.06 bits per heavy atom. The molecule has 0 aliphatic carbocycles. The van der Waals surface area contributed by atoms with Gasteiger partial charge in [-0.25, -0.2) is 0 Å². The molecule has 4 heteroatoms. The zero-order valence-corrected chi connectivity index (χ0v) is 10.2. The van der Waals surface area contributed by atoms with Gasteiger partial charge in [-0.1, -0.05) is 12.1 Å². The smallest absolute Gasteiger partial charge is 0.231 e. The maximum Gasteiger partial charge on any atom is 0.231 e. The summed E-state index contributed by atoms with van der Waals surface area (Å²) in [5, 5.41) is 0. The summed E-state index contributed by atoms with van der Waals surface area (Å²) in [6.45, 7) is 2.66. The monoisotopic (exact) mass is 245 g/mol. The zero-order valence-electron chi connectivity index (χ0n) is 10.2. The van der Waals surface area contributed by atoms with E-state index in [4.69, 9.17) is 14.9 Å². The summed E-state index contributed by atoms with van der Waals surface area (Å²) in [4.78, 5) is 12.3. The van der Waals surface area contributed by atoms with Crippen LogP contribution in [0.1, 0.15) is 28.8 Å². The summed E-state index contributed by atoms with van der Waals surface area (Å²) in [6, 6.07) is 10.4. The van der Waals surface area contributed by atoms with Crippen LogP contribution < -0.4 is 10.5 Å². The highest BCUT2D eigenvalue weighted by Crippen LogP contribution is 2.22. The molecule has 0 spiro atoms. The molecule has 2 N–H and O–H groups in total. The molecule has 0 amide bonds. The van der Waals surface area contributed by atoms with Crippen molar-refractivity contribution in [3.63, 3.8) is 0 Å². The van der Waals surface area contributed by atoms with Crippen LogP contribution >= 0.6 is 0 Å². The molecule has 0 saturated carbocycles. The SMILES string of the molecule is CCOc1ccccc1C(=O)c1ccc(CN)o1. The number of para-hydroxylation sites is 1. The van der Waals surface area contributed by atoms with Gasteiger partial charge in [-0.15, -0.1) is 0 Å². The van der Waals surface area contributed by atoms with Crippen LogP contribution in [0.25, 0.3) is 0 Å². The molecule has 0 radical (unpaired) electrons. The molecule has 0 aliphatic heterocycles. The summed E-state index contributed by atoms with van der Waals surface area (Å²) in [6.07, 6.45) is 0. The number of benzene rings is 1. The molecular weight excluding hydrogens is 230 g/mol. The summed E-state index contributed by atoms with van der Waals surface area (Å²) >= 11 is 0. The largest absolute Gasteiger partial charge is 0.493 e. The van der Waals surface area contributed by atoms with Crippen LogP contribution in [-0.4, -0.2) is 12.4 Å². The van der Waals surface area contributed by atoms with Gasteiger partial charge in [-0.2, -0.15) is 0 Å². The summed E-state index contributed by atoms with van der Waals surface area (Å²) in [5.74, 6) is 1.24. The molecule has 0 atom stereocenters. The Morgan fingerprint density at radius 1 is 1.28 bits per heavy atom. The lowest BCUT2D eigenvalue weighted by atomic mass is 10.1. The lowest BCUT2D eigenvalue weighted by molar-refractivity contribution is 0.100. The molecule has 2 rings (SSSR count). The Kier molecular flexibility index (Phi) is 3.79. The van der Waals surface area contributed by atoms with Crippen molar-refractivity contribution in [2.45, 2.75) is 13.5 Å². The summed E-state index contributed by atoms with van der Waals surface area (Å²) in [7, 11) is 0. The summed E-state index contributed by atoms with van der Waals surface area (Å²) in [5.41, 5.74) is 5.95. The van der Waals surface area contributed by atoms with Crippen molar-refractivity contribution >= 4 is 5.78 Å². The molecule has 0 fully saturated rings. The van der Waals surface area contributed by atoms with Gasteiger partial charge in [0.15, 0.2) is 5.76 Å². The van der Waals surface area contributed by atoms with Crippen molar-refractivity contribution in [2.75, 3.05) is 6.61 Å². The second kappa shape index (κ2) is 5.51. The third-order valence-corrected chi connectivity index (χ3v) is 2.52. The minimum absolute atomic E-state index is 0.196. The third kappa shape index (κ3) is 2.43. The first-order valence-corrected chi connectivity index (χ1v) is 5.81. The molecule has 18 heavy (non-hydrogen) atoms. The summed E-state index contributed by atoms with van der Waals surface area (Å²) < 4.78 is 10.8. The lowest BCUT2D eigenvalue weighted by Crippen LogP contribution is -2.04. The van der Waals surface area contributed by atoms with Gasteiger partial charge in [-0.05, 0) is 31.2 Å². The van der Waals surface area contributed by atoms with Crippen LogP contribution in [0.4, 0.5) is 0 Å². The number of rotatable bonds is 5. The fraction of sp³-hybridized carbons (Fsp3) is 0.214. The Bertz CT molecular complexity index is 545. The average Bonchev–Trinajstić information content (AvgIpc) is 2.88. The maximum absolute atomic E-state index is 12.3. The minimum atomic E-state index is -0.196. The Balaban J connectivity index is 2.33. The zero-order chi connectivity index (χ0) is 13.0. The van der Waals surface area contributed by atoms with Crippen molar-refractivity contribution < 1.29 is 13.9 Å². The van der Waals surface area contributed by atoms with Crippen LogP contribution in [0.3, 0.4) is 0 Å². The quantitative estimate of drug-likeness (QED) is 0.821. The molecule has 1 heterocycles. The van der Waals surface area contributed by atoms with E-state index in [2.05, 4.69) is 0 Å². The Labute approximate surface area is 105 Å². The third-order valence-electron chi connectivity index (χ3n) is 2.52. The minimum Gasteiger partial charge on any atom is -0.493 e. The number of hydrogen-bond acceptors (Lipinski definition) is 4. The fourth-order valence-electron chi connectivity index (χ4n) is 1.68. The van der Waals surface area contributed by atoms with Gasteiger partial charge in [-0.3, -0.25) is 4.79 Å². The standard InChI is InChI=1S/C14H15NO3/c1-2-17-12-6-4-3-5-11(12)14(16)13-8-7-10(9-15)18-13/h3-8H,2,9,15H2,1H3. The van der Waals surface area contributed by atoms with Gasteiger partial charge in [0.05, 0.1) is 18.7 Å². The molecule has 0 unspecified atom stereocenters. The number of furan rings is 1. The van der Waals surface area contributed by atoms with E-state index in [0.29, 0.717) is 23.7 Å². The van der Waals surface area contributed by atoms with Gasteiger partial charge in [0.2, 0.25) is 5.78 Å². The van der Waals surface area contributed by atoms with Crippen LogP contribution in [0.2, 0.25) is 0 Å². The number of nitrogens with two attached hydrogens (primary N) is 1. The Hall–Kier alpha value is -2.07. The van der Waals surface area contributed by atoms with Crippen molar-refractivity contribution in [2.24, 2.45) is 5.73 Å². The van der Waals surface area contributed by atoms with Gasteiger partial charge in [0, 0.05) is 0 Å². The number of ether oxygens (including phenoxy) is 1. The van der Waals surface area contributed by atoms with Crippen LogP contribution in [0, 0.1) is 0 Å². The highest BCUT2D eigenvalue weighted by Gasteiger charge is 2.17. The number of hydrogen-bond donors (Lipinski definition) is 1. The molecule has 0 saturated heterocycles. The van der Waals surface area contributed by atoms with Gasteiger partial charge < -0.3 is 14.9 Å². The fourth-order valence-corrected chi connectivity index (χ4v) is 1.68. The molecule has 0 bridgehead atoms. The van der Waals surface area contributed by atoms with E-state index in [-0.39, 0.29) is 18.1 Å². The normalized spacial score (nSPS) is 10.3. The second-order valence-corrected chi connectivity index (χ2v) is 3.73. The van der Waals surface area contributed by atoms with Crippen molar-refractivity contribution in [1.29, 1.82) is 0 Å². The average molecular weight is 245 g/mol. The molecule has 94 valence electrons. The molecule has 1 aromatic carbocycles. The number of carbonyl (C=O) groups excluding carboxylic acids is 1. The second-order valence-electron chi connectivity index (χ2n) is 3.73. The van der Waals surface area contributed by atoms with Crippen LogP contribution in [0.15, 0.2) is 40.8 Å². The van der Waals surface area contributed by atoms with Crippen LogP contribution in [-0.2, 0) is 6.54 Å². The van der Waals surface area contributed by atoms with E-state index in [1.807, 2.05) is 13.0 Å². The van der Waals surface area contributed by atoms with E-state index < -0.39 is 0 Å². The van der Waals surface area contributed by atoms with Crippen molar-refractivity contribution in [3.05, 3.63) is 53.5 Å². The molecule has 2 aromatic rings. The van der Waals surface area contributed by atoms with E-state index in [1.54, 1.807) is 30.3 Å². The Morgan fingerprint density at radius 3 is 2.72 bits per heavy atom. The molecule has 4 nitrogen and oxygen atoms in total. The highest BCUT2D eigenvalue weighted by atomic mass is 16.5. The lowest BCUT2D eigenvalue weighted by Gasteiger charge is -2.07. The maximum atomic E-state index is 12.3. The van der Waals surface area contributed by atoms with Gasteiger partial charge in [0.25, 0.3) is 0 Å². The predicted octanol–water partition coefficient (Wildman–Crippen LogP) is 2.37. The molecule has 1 aromatic heterocycles. The van der Waals surface area contributed by atoms with Crippen LogP contribution in [0.5, 0.6) is 5.75 Å².